The quantitative estimate of drug-likeness (QED) is 0.462. The molecule has 0 aromatic heterocycles. The molecule has 1 N–H and O–H groups in total. The third kappa shape index (κ3) is 8.47. The highest BCUT2D eigenvalue weighted by atomic mass is 16.5. The average molecular weight is 399 g/mol. The van der Waals surface area contributed by atoms with Crippen LogP contribution in [0.3, 0.4) is 0 Å². The largest absolute Gasteiger partial charge is 0.494 e. The van der Waals surface area contributed by atoms with Gasteiger partial charge in [0.25, 0.3) is 0 Å². The zero-order valence-electron chi connectivity index (χ0n) is 16.4. The number of ether oxygens (including phenoxy) is 3. The van der Waals surface area contributed by atoms with Gasteiger partial charge >= 0.3 is 11.9 Å². The summed E-state index contributed by atoms with van der Waals surface area (Å²) < 4.78 is 15.5. The zero-order chi connectivity index (χ0) is 20.9. The molecule has 2 aromatic rings. The summed E-state index contributed by atoms with van der Waals surface area (Å²) in [4.78, 5) is 35.0. The normalized spacial score (nSPS) is 10.1. The number of amides is 1. The van der Waals surface area contributed by atoms with Crippen LogP contribution in [0, 0.1) is 0 Å². The van der Waals surface area contributed by atoms with E-state index in [0.29, 0.717) is 30.9 Å². The van der Waals surface area contributed by atoms with Gasteiger partial charge in [-0.1, -0.05) is 30.3 Å². The number of hydrogen-bond acceptors (Lipinski definition) is 6. The molecule has 0 spiro atoms. The molecule has 2 rings (SSSR count). The summed E-state index contributed by atoms with van der Waals surface area (Å²) in [5.41, 5.74) is 1.34. The number of nitrogens with one attached hydrogen (secondary N) is 1. The number of hydrogen-bond donors (Lipinski definition) is 1. The van der Waals surface area contributed by atoms with Gasteiger partial charge in [0.2, 0.25) is 5.91 Å². The molecule has 0 unspecified atom stereocenters. The molecule has 0 heterocycles. The summed E-state index contributed by atoms with van der Waals surface area (Å²) in [5.74, 6) is -0.510. The highest BCUT2D eigenvalue weighted by molar-refractivity contribution is 5.89. The van der Waals surface area contributed by atoms with Crippen LogP contribution < -0.4 is 10.1 Å². The Labute approximate surface area is 170 Å². The van der Waals surface area contributed by atoms with Gasteiger partial charge in [-0.05, 0) is 43.2 Å². The number of benzene rings is 2. The molecule has 2 aromatic carbocycles. The van der Waals surface area contributed by atoms with Gasteiger partial charge in [0, 0.05) is 6.42 Å². The van der Waals surface area contributed by atoms with Crippen LogP contribution in [-0.2, 0) is 25.7 Å². The first-order valence-corrected chi connectivity index (χ1v) is 9.44. The van der Waals surface area contributed by atoms with Crippen molar-refractivity contribution in [2.24, 2.45) is 0 Å². The van der Waals surface area contributed by atoms with Crippen LogP contribution in [0.25, 0.3) is 0 Å². The Bertz CT molecular complexity index is 789. The first kappa shape index (κ1) is 21.9. The van der Waals surface area contributed by atoms with Crippen molar-refractivity contribution in [1.82, 2.24) is 5.32 Å². The second-order valence-electron chi connectivity index (χ2n) is 6.12. The molecule has 0 aliphatic carbocycles. The molecule has 154 valence electrons. The lowest BCUT2D eigenvalue weighted by atomic mass is 10.2. The van der Waals surface area contributed by atoms with Gasteiger partial charge in [-0.2, -0.15) is 0 Å². The van der Waals surface area contributed by atoms with Crippen LogP contribution in [-0.4, -0.2) is 37.6 Å². The molecule has 0 aliphatic rings. The maximum atomic E-state index is 11.8. The maximum absolute atomic E-state index is 11.8. The second-order valence-corrected chi connectivity index (χ2v) is 6.12. The molecule has 29 heavy (non-hydrogen) atoms. The van der Waals surface area contributed by atoms with Crippen LogP contribution >= 0.6 is 0 Å². The van der Waals surface area contributed by atoms with Crippen molar-refractivity contribution in [2.45, 2.75) is 26.4 Å². The SMILES string of the molecule is CCOC(=O)c1ccc(OCCCC(=O)NCC(=O)OCc2ccccc2)cc1. The molecule has 0 radical (unpaired) electrons. The predicted molar refractivity (Wildman–Crippen MR) is 106 cm³/mol. The van der Waals surface area contributed by atoms with Crippen LogP contribution in [0.4, 0.5) is 0 Å². The third-order valence-electron chi connectivity index (χ3n) is 3.85. The predicted octanol–water partition coefficient (Wildman–Crippen LogP) is 2.88. The Kier molecular flexibility index (Phi) is 9.21. The molecule has 0 bridgehead atoms. The number of carbonyl (C=O) groups is 3. The fourth-order valence-electron chi connectivity index (χ4n) is 2.37. The Balaban J connectivity index is 1.57. The Hall–Kier alpha value is -3.35. The molecular weight excluding hydrogens is 374 g/mol. The molecule has 0 atom stereocenters. The molecule has 0 fully saturated rings. The van der Waals surface area contributed by atoms with Crippen LogP contribution in [0.2, 0.25) is 0 Å². The van der Waals surface area contributed by atoms with Crippen molar-refractivity contribution in [2.75, 3.05) is 19.8 Å². The lowest BCUT2D eigenvalue weighted by Crippen LogP contribution is -2.30. The summed E-state index contributed by atoms with van der Waals surface area (Å²) in [6.45, 7) is 2.42. The lowest BCUT2D eigenvalue weighted by molar-refractivity contribution is -0.145. The summed E-state index contributed by atoms with van der Waals surface area (Å²) in [6, 6.07) is 15.9. The van der Waals surface area contributed by atoms with Crippen molar-refractivity contribution >= 4 is 17.8 Å². The minimum Gasteiger partial charge on any atom is -0.494 e. The van der Waals surface area contributed by atoms with Crippen molar-refractivity contribution in [1.29, 1.82) is 0 Å². The van der Waals surface area contributed by atoms with E-state index in [9.17, 15) is 14.4 Å². The van der Waals surface area contributed by atoms with Crippen LogP contribution in [0.5, 0.6) is 5.75 Å². The third-order valence-corrected chi connectivity index (χ3v) is 3.85. The molecule has 7 heteroatoms. The van der Waals surface area contributed by atoms with E-state index in [2.05, 4.69) is 5.32 Å². The van der Waals surface area contributed by atoms with Crippen molar-refractivity contribution in [3.8, 4) is 5.75 Å². The van der Waals surface area contributed by atoms with E-state index in [1.54, 1.807) is 31.2 Å². The second kappa shape index (κ2) is 12.2. The Morgan fingerprint density at radius 2 is 1.66 bits per heavy atom. The van der Waals surface area contributed by atoms with E-state index < -0.39 is 5.97 Å². The van der Waals surface area contributed by atoms with Gasteiger partial charge in [-0.3, -0.25) is 9.59 Å². The Morgan fingerprint density at radius 3 is 2.34 bits per heavy atom. The van der Waals surface area contributed by atoms with E-state index in [0.717, 1.165) is 5.56 Å². The van der Waals surface area contributed by atoms with Gasteiger partial charge in [0.15, 0.2) is 0 Å². The van der Waals surface area contributed by atoms with E-state index in [1.807, 2.05) is 30.3 Å². The van der Waals surface area contributed by atoms with E-state index in [4.69, 9.17) is 14.2 Å². The Morgan fingerprint density at radius 1 is 0.931 bits per heavy atom. The van der Waals surface area contributed by atoms with Gasteiger partial charge < -0.3 is 19.5 Å². The smallest absolute Gasteiger partial charge is 0.338 e. The van der Waals surface area contributed by atoms with Gasteiger partial charge in [0.1, 0.15) is 18.9 Å². The molecule has 0 saturated heterocycles. The zero-order valence-corrected chi connectivity index (χ0v) is 16.4. The fourth-order valence-corrected chi connectivity index (χ4v) is 2.37. The standard InChI is InChI=1S/C22H25NO6/c1-2-27-22(26)18-10-12-19(13-11-18)28-14-6-9-20(24)23-15-21(25)29-16-17-7-4-3-5-8-17/h3-5,7-8,10-13H,2,6,9,14-16H2,1H3,(H,23,24). The van der Waals surface area contributed by atoms with Crippen molar-refractivity contribution < 1.29 is 28.6 Å². The van der Waals surface area contributed by atoms with E-state index in [-0.39, 0.29) is 31.4 Å². The number of esters is 2. The van der Waals surface area contributed by atoms with Crippen LogP contribution in [0.1, 0.15) is 35.7 Å². The van der Waals surface area contributed by atoms with Gasteiger partial charge in [-0.15, -0.1) is 0 Å². The number of carbonyl (C=O) groups excluding carboxylic acids is 3. The summed E-state index contributed by atoms with van der Waals surface area (Å²) >= 11 is 0. The lowest BCUT2D eigenvalue weighted by Gasteiger charge is -2.08. The maximum Gasteiger partial charge on any atom is 0.338 e. The van der Waals surface area contributed by atoms with E-state index in [1.165, 1.54) is 0 Å². The molecule has 1 amide bonds. The fraction of sp³-hybridized carbons (Fsp3) is 0.318. The molecule has 7 nitrogen and oxygen atoms in total. The molecular formula is C22H25NO6. The minimum atomic E-state index is -0.486. The first-order valence-electron chi connectivity index (χ1n) is 9.44. The topological polar surface area (TPSA) is 90.9 Å². The highest BCUT2D eigenvalue weighted by Crippen LogP contribution is 2.13. The minimum absolute atomic E-state index is 0.165. The molecule has 0 saturated carbocycles. The van der Waals surface area contributed by atoms with E-state index >= 15 is 0 Å². The summed E-state index contributed by atoms with van der Waals surface area (Å²) in [6.07, 6.45) is 0.720. The summed E-state index contributed by atoms with van der Waals surface area (Å²) in [7, 11) is 0. The van der Waals surface area contributed by atoms with Crippen molar-refractivity contribution in [3.63, 3.8) is 0 Å². The average Bonchev–Trinajstić information content (AvgIpc) is 2.75. The summed E-state index contributed by atoms with van der Waals surface area (Å²) in [5, 5.41) is 2.53. The molecule has 0 aliphatic heterocycles. The first-order chi connectivity index (χ1) is 14.1. The van der Waals surface area contributed by atoms with Crippen molar-refractivity contribution in [3.05, 3.63) is 65.7 Å². The highest BCUT2D eigenvalue weighted by Gasteiger charge is 2.08. The van der Waals surface area contributed by atoms with Gasteiger partial charge in [-0.25, -0.2) is 4.79 Å². The number of rotatable bonds is 11. The monoisotopic (exact) mass is 399 g/mol. The van der Waals surface area contributed by atoms with Gasteiger partial charge in [0.05, 0.1) is 18.8 Å². The van der Waals surface area contributed by atoms with Crippen LogP contribution in [0.15, 0.2) is 54.6 Å².